The van der Waals surface area contributed by atoms with Gasteiger partial charge in [0, 0.05) is 17.1 Å². The fourth-order valence-electron chi connectivity index (χ4n) is 11.7. The minimum absolute atomic E-state index is 0.0247. The average Bonchev–Trinajstić information content (AvgIpc) is 1.75. The third-order valence-corrected chi connectivity index (χ3v) is 17.5. The fraction of sp³-hybridized carbons (Fsp3) is 0.594. The number of hydrogen-bond donors (Lipinski definition) is 5. The number of nitrogen functional groups attached to an aromatic ring is 1. The number of carbonyl (C=O) groups is 5. The van der Waals surface area contributed by atoms with Crippen molar-refractivity contribution in [1.29, 1.82) is 0 Å². The normalized spacial score (nSPS) is 17.2. The molecule has 3 aliphatic carbocycles. The number of aromatic amines is 1. The number of nitrogens with one attached hydrogen (secondary N) is 3. The molecule has 0 spiro atoms. The van der Waals surface area contributed by atoms with Crippen molar-refractivity contribution in [1.82, 2.24) is 29.1 Å². The Morgan fingerprint density at radius 1 is 0.562 bits per heavy atom. The number of H-pyrrole nitrogens is 1. The number of sulfonamides is 2. The van der Waals surface area contributed by atoms with E-state index in [-0.39, 0.29) is 69.1 Å². The molecule has 3 atom stereocenters. The first kappa shape index (κ1) is 69.2. The molecule has 0 saturated carbocycles. The highest BCUT2D eigenvalue weighted by molar-refractivity contribution is 7.92. The van der Waals surface area contributed by atoms with E-state index in [0.717, 1.165) is 109 Å². The zero-order valence-corrected chi connectivity index (χ0v) is 56.9. The molecule has 0 aliphatic heterocycles. The average molecular weight is 1270 g/mol. The molecule has 0 bridgehead atoms. The van der Waals surface area contributed by atoms with E-state index in [9.17, 15) is 40.8 Å². The highest BCUT2D eigenvalue weighted by Crippen LogP contribution is 2.43. The number of nitrogens with two attached hydrogens (primary N) is 2. The Morgan fingerprint density at radius 2 is 0.921 bits per heavy atom. The van der Waals surface area contributed by atoms with Crippen LogP contribution in [0.1, 0.15) is 202 Å². The number of amides is 1. The summed E-state index contributed by atoms with van der Waals surface area (Å²) < 4.78 is 76.3. The number of anilines is 3. The van der Waals surface area contributed by atoms with Crippen LogP contribution < -0.4 is 20.9 Å². The Labute approximate surface area is 523 Å². The highest BCUT2D eigenvalue weighted by atomic mass is 32.2. The molecule has 1 amide bonds. The molecular weight excluding hydrogens is 1180 g/mol. The number of esters is 2. The van der Waals surface area contributed by atoms with Gasteiger partial charge in [0.2, 0.25) is 20.0 Å². The summed E-state index contributed by atoms with van der Waals surface area (Å²) in [5.74, 6) is -0.751. The van der Waals surface area contributed by atoms with E-state index in [1.165, 1.54) is 4.57 Å². The number of primary amides is 1. The first-order valence-corrected chi connectivity index (χ1v) is 34.1. The maximum Gasteiger partial charge on any atom is 0.419 e. The van der Waals surface area contributed by atoms with Crippen molar-refractivity contribution in [3.8, 4) is 0 Å². The molecule has 6 aromatic heterocycles. The van der Waals surface area contributed by atoms with Crippen LogP contribution in [0.4, 0.5) is 26.7 Å². The molecule has 3 aliphatic rings. The molecule has 7 N–H and O–H groups in total. The number of carbonyl (C=O) groups excluding carboxylic acids is 5. The summed E-state index contributed by atoms with van der Waals surface area (Å²) in [6.07, 6.45) is 8.52. The Bertz CT molecular complexity index is 3990. The van der Waals surface area contributed by atoms with Crippen molar-refractivity contribution in [3.05, 3.63) is 69.1 Å². The third-order valence-electron chi connectivity index (χ3n) is 16.4. The number of pyridine rings is 3. The zero-order chi connectivity index (χ0) is 66.6. The van der Waals surface area contributed by atoms with E-state index < -0.39 is 61.3 Å². The van der Waals surface area contributed by atoms with Crippen LogP contribution in [0.15, 0.2) is 18.2 Å². The van der Waals surface area contributed by atoms with E-state index in [4.69, 9.17) is 40.4 Å². The summed E-state index contributed by atoms with van der Waals surface area (Å²) in [6.45, 7) is 34.1. The summed E-state index contributed by atoms with van der Waals surface area (Å²) in [7, 11) is -7.36. The lowest BCUT2D eigenvalue weighted by Gasteiger charge is -2.34. The summed E-state index contributed by atoms with van der Waals surface area (Å²) in [6, 6.07) is 5.74. The van der Waals surface area contributed by atoms with Gasteiger partial charge in [-0.25, -0.2) is 60.1 Å². The molecule has 6 heterocycles. The van der Waals surface area contributed by atoms with Crippen LogP contribution >= 0.6 is 0 Å². The summed E-state index contributed by atoms with van der Waals surface area (Å²) in [4.78, 5) is 80.9. The van der Waals surface area contributed by atoms with Gasteiger partial charge in [-0.15, -0.1) is 0 Å². The van der Waals surface area contributed by atoms with Crippen molar-refractivity contribution in [2.24, 2.45) is 39.7 Å². The highest BCUT2D eigenvalue weighted by Gasteiger charge is 2.38. The van der Waals surface area contributed by atoms with Gasteiger partial charge in [-0.05, 0) is 182 Å². The molecule has 89 heavy (non-hydrogen) atoms. The van der Waals surface area contributed by atoms with Crippen molar-refractivity contribution >= 4 is 100 Å². The smallest absolute Gasteiger partial charge is 0.419 e. The van der Waals surface area contributed by atoms with Crippen LogP contribution in [0, 0.1) is 34.0 Å². The van der Waals surface area contributed by atoms with E-state index >= 15 is 0 Å². The predicted molar refractivity (Wildman–Crippen MR) is 346 cm³/mol. The molecule has 0 fully saturated rings. The monoisotopic (exact) mass is 1270 g/mol. The molecule has 23 nitrogen and oxygen atoms in total. The molecule has 0 radical (unpaired) electrons. The Hall–Kier alpha value is -7.28. The maximum absolute atomic E-state index is 13.3. The lowest BCUT2D eigenvalue weighted by molar-refractivity contribution is 0.0455. The van der Waals surface area contributed by atoms with E-state index in [2.05, 4.69) is 81.7 Å². The van der Waals surface area contributed by atoms with Gasteiger partial charge < -0.3 is 35.4 Å². The van der Waals surface area contributed by atoms with Gasteiger partial charge in [0.1, 0.15) is 44.8 Å². The van der Waals surface area contributed by atoms with Crippen LogP contribution in [0.25, 0.3) is 33.1 Å². The van der Waals surface area contributed by atoms with Gasteiger partial charge in [0.15, 0.2) is 11.4 Å². The second kappa shape index (κ2) is 25.2. The lowest BCUT2D eigenvalue weighted by atomic mass is 9.71. The molecule has 9 rings (SSSR count). The first-order chi connectivity index (χ1) is 40.8. The predicted octanol–water partition coefficient (Wildman–Crippen LogP) is 11.4. The van der Waals surface area contributed by atoms with Crippen LogP contribution in [0.5, 0.6) is 0 Å². The summed E-state index contributed by atoms with van der Waals surface area (Å²) in [5.41, 5.74) is 19.0. The summed E-state index contributed by atoms with van der Waals surface area (Å²) in [5, 5.41) is 0. The fourth-order valence-corrected chi connectivity index (χ4v) is 12.9. The zero-order valence-electron chi connectivity index (χ0n) is 55.3. The number of fused-ring (bicyclic) bond motifs is 6. The van der Waals surface area contributed by atoms with E-state index in [1.54, 1.807) is 55.4 Å². The summed E-state index contributed by atoms with van der Waals surface area (Å²) >= 11 is 0. The van der Waals surface area contributed by atoms with Crippen molar-refractivity contribution in [2.75, 3.05) is 40.9 Å². The second-order valence-corrected chi connectivity index (χ2v) is 32.4. The van der Waals surface area contributed by atoms with Crippen LogP contribution in [0.3, 0.4) is 0 Å². The van der Waals surface area contributed by atoms with Gasteiger partial charge in [0.25, 0.3) is 5.91 Å². The minimum atomic E-state index is -3.80. The second-order valence-electron chi connectivity index (χ2n) is 28.9. The molecule has 3 unspecified atom stereocenters. The van der Waals surface area contributed by atoms with Gasteiger partial charge in [-0.1, -0.05) is 62.3 Å². The van der Waals surface area contributed by atoms with Gasteiger partial charge in [0.05, 0.1) is 48.0 Å². The van der Waals surface area contributed by atoms with E-state index in [1.807, 2.05) is 18.2 Å². The topological polar surface area (TPSA) is 331 Å². The first-order valence-electron chi connectivity index (χ1n) is 30.3. The largest absolute Gasteiger partial charge is 0.461 e. The van der Waals surface area contributed by atoms with E-state index in [0.29, 0.717) is 45.3 Å². The molecule has 25 heteroatoms. The van der Waals surface area contributed by atoms with Crippen molar-refractivity contribution in [3.63, 3.8) is 0 Å². The molecule has 0 aromatic carbocycles. The third kappa shape index (κ3) is 16.2. The van der Waals surface area contributed by atoms with Crippen LogP contribution in [-0.4, -0.2) is 113 Å². The van der Waals surface area contributed by atoms with Crippen molar-refractivity contribution < 1.29 is 59.8 Å². The van der Waals surface area contributed by atoms with Gasteiger partial charge >= 0.3 is 24.1 Å². The Kier molecular flexibility index (Phi) is 19.6. The standard InChI is InChI=1S/C24H35N3O6S.C23H33N3O4.C17H24N4O3S/c1-9-32-21(28)20-19(26-34(8,30)31)18-17(27(20)22(29)33-24(5,6)7)13-14-12-15(23(2,3)4)10-11-16(14)25-18;1-8-29-20(27)19-17(24)18-16(26(19)21(28)30-23(5,6)7)12-13-11-14(22(2,3)4)9-10-15(13)25-18;1-17(2,3)10-5-6-11-9(7-10)8-12-13(19-11)14(21-25(4,23)24)15(20-12)16(18)22/h13,15,26H,9-12H2,1-8H3;12,14H,8-11,24H2,1-7H3;8,10,20-21H,5-7H2,1-4H3,(H2,18,22). The molecule has 488 valence electrons. The Morgan fingerprint density at radius 3 is 1.30 bits per heavy atom. The Balaban J connectivity index is 0.000000192. The molecule has 6 aromatic rings. The van der Waals surface area contributed by atoms with Crippen LogP contribution in [0.2, 0.25) is 0 Å². The number of hydrogen-bond acceptors (Lipinski definition) is 17. The number of aromatic nitrogens is 6. The maximum atomic E-state index is 13.3. The van der Waals surface area contributed by atoms with Crippen molar-refractivity contribution in [2.45, 2.75) is 187 Å². The minimum Gasteiger partial charge on any atom is -0.461 e. The number of nitrogens with zero attached hydrogens (tertiary/aromatic N) is 5. The molecule has 0 saturated heterocycles. The van der Waals surface area contributed by atoms with Gasteiger partial charge in [-0.3, -0.25) is 14.2 Å². The lowest BCUT2D eigenvalue weighted by Crippen LogP contribution is -2.30. The number of ether oxygens (including phenoxy) is 4. The quantitative estimate of drug-likeness (QED) is 0.0663. The van der Waals surface area contributed by atoms with Gasteiger partial charge in [-0.2, -0.15) is 0 Å². The number of aryl methyl sites for hydroxylation is 3. The van der Waals surface area contributed by atoms with Crippen LogP contribution in [-0.2, 0) is 77.5 Å². The SMILES string of the molecule is CC(C)(C)C1CCc2nc3c(NS(C)(=O)=O)c(C(N)=O)[nH]c3cc2C1.CCOC(=O)c1c(N)c2nc3c(cc2n1C(=O)OC(C)(C)C)CC(C(C)(C)C)CC3.CCOC(=O)c1c(NS(C)(=O)=O)c2nc3c(cc2n1C(=O)OC(C)(C)C)CC(C(C)(C)C)CC3. The number of rotatable bonds is 9. The molecular formula is C64H92N10O13S2.